The molecule has 0 aliphatic carbocycles. The lowest BCUT2D eigenvalue weighted by Crippen LogP contribution is -2.44. The van der Waals surface area contributed by atoms with Gasteiger partial charge in [-0.2, -0.15) is 0 Å². The van der Waals surface area contributed by atoms with Crippen LogP contribution in [0, 0.1) is 0 Å². The molecule has 1 N–H and O–H groups in total. The number of rotatable bonds is 6. The zero-order valence-electron chi connectivity index (χ0n) is 17.6. The second kappa shape index (κ2) is 9.04. The van der Waals surface area contributed by atoms with Crippen LogP contribution in [0.15, 0.2) is 71.2 Å². The number of hydrogen-bond donors (Lipinski definition) is 1. The van der Waals surface area contributed by atoms with E-state index < -0.39 is 17.9 Å². The van der Waals surface area contributed by atoms with Crippen molar-refractivity contribution in [3.8, 4) is 11.5 Å². The van der Waals surface area contributed by atoms with Crippen molar-refractivity contribution in [3.63, 3.8) is 0 Å². The molecule has 0 bridgehead atoms. The molecule has 164 valence electrons. The van der Waals surface area contributed by atoms with Crippen LogP contribution in [0.3, 0.4) is 0 Å². The Morgan fingerprint density at radius 3 is 2.22 bits per heavy atom. The monoisotopic (exact) mass is 495 g/mol. The molecule has 2 unspecified atom stereocenters. The van der Waals surface area contributed by atoms with Crippen LogP contribution >= 0.6 is 15.9 Å². The van der Waals surface area contributed by atoms with Crippen molar-refractivity contribution >= 4 is 27.8 Å². The van der Waals surface area contributed by atoms with Crippen LogP contribution in [0.2, 0.25) is 0 Å². The number of hydrogen-bond acceptors (Lipinski definition) is 4. The van der Waals surface area contributed by atoms with Crippen molar-refractivity contribution in [1.29, 1.82) is 0 Å². The molecule has 0 fully saturated rings. The third kappa shape index (κ3) is 4.08. The molecule has 6 nitrogen and oxygen atoms in total. The lowest BCUT2D eigenvalue weighted by Gasteiger charge is -2.41. The first kappa shape index (κ1) is 21.9. The topological polar surface area (TPSA) is 76.1 Å². The van der Waals surface area contributed by atoms with Crippen molar-refractivity contribution < 1.29 is 24.2 Å². The van der Waals surface area contributed by atoms with Gasteiger partial charge in [0, 0.05) is 22.6 Å². The summed E-state index contributed by atoms with van der Waals surface area (Å²) in [6.07, 6.45) is 0. The fourth-order valence-electron chi connectivity index (χ4n) is 4.22. The molecule has 3 aromatic rings. The summed E-state index contributed by atoms with van der Waals surface area (Å²) >= 11 is 3.43. The second-order valence-electron chi connectivity index (χ2n) is 7.55. The van der Waals surface area contributed by atoms with Crippen LogP contribution in [0.4, 0.5) is 0 Å². The summed E-state index contributed by atoms with van der Waals surface area (Å²) in [4.78, 5) is 27.7. The highest BCUT2D eigenvalue weighted by Crippen LogP contribution is 2.44. The fraction of sp³-hybridized carbons (Fsp3) is 0.200. The van der Waals surface area contributed by atoms with E-state index in [2.05, 4.69) is 15.9 Å². The molecular formula is C25H22BrNO5. The Labute approximate surface area is 194 Å². The molecule has 0 radical (unpaired) electrons. The number of ether oxygens (including phenoxy) is 2. The van der Waals surface area contributed by atoms with Crippen LogP contribution < -0.4 is 9.47 Å². The summed E-state index contributed by atoms with van der Waals surface area (Å²) in [7, 11) is 3.12. The minimum atomic E-state index is -0.980. The van der Waals surface area contributed by atoms with Gasteiger partial charge in [0.2, 0.25) is 0 Å². The molecular weight excluding hydrogens is 474 g/mol. The van der Waals surface area contributed by atoms with E-state index in [4.69, 9.17) is 9.47 Å². The molecule has 0 spiro atoms. The SMILES string of the molecule is COc1cc(CN2C(=O)c3ccccc3C(C(=O)O)C2c2ccc(Br)cc2)cc(OC)c1. The predicted molar refractivity (Wildman–Crippen MR) is 123 cm³/mol. The van der Waals surface area contributed by atoms with Crippen molar-refractivity contribution in [1.82, 2.24) is 4.90 Å². The molecule has 3 aromatic carbocycles. The zero-order chi connectivity index (χ0) is 22.8. The third-order valence-corrected chi connectivity index (χ3v) is 6.21. The Bertz CT molecular complexity index is 1140. The van der Waals surface area contributed by atoms with Crippen molar-refractivity contribution in [2.24, 2.45) is 0 Å². The van der Waals surface area contributed by atoms with Crippen LogP contribution in [0.5, 0.6) is 11.5 Å². The number of benzene rings is 3. The van der Waals surface area contributed by atoms with Crippen LogP contribution in [-0.4, -0.2) is 36.1 Å². The van der Waals surface area contributed by atoms with Gasteiger partial charge in [-0.25, -0.2) is 0 Å². The summed E-state index contributed by atoms with van der Waals surface area (Å²) in [6, 6.07) is 19.1. The van der Waals surface area contributed by atoms with Crippen molar-refractivity contribution in [2.45, 2.75) is 18.5 Å². The Balaban J connectivity index is 1.87. The molecule has 4 rings (SSSR count). The summed E-state index contributed by atoms with van der Waals surface area (Å²) < 4.78 is 11.6. The molecule has 1 aliphatic rings. The first-order valence-electron chi connectivity index (χ1n) is 10.0. The smallest absolute Gasteiger partial charge is 0.313 e. The summed E-state index contributed by atoms with van der Waals surface area (Å²) in [6.45, 7) is 0.200. The minimum absolute atomic E-state index is 0.200. The molecule has 0 saturated heterocycles. The van der Waals surface area contributed by atoms with Gasteiger partial charge >= 0.3 is 5.97 Å². The number of halogens is 1. The first-order chi connectivity index (χ1) is 15.4. The van der Waals surface area contributed by atoms with Gasteiger partial charge in [-0.1, -0.05) is 46.3 Å². The molecule has 1 heterocycles. The Morgan fingerprint density at radius 1 is 1.00 bits per heavy atom. The van der Waals surface area contributed by atoms with Crippen molar-refractivity contribution in [3.05, 3.63) is 93.5 Å². The molecule has 32 heavy (non-hydrogen) atoms. The number of aliphatic carboxylic acids is 1. The summed E-state index contributed by atoms with van der Waals surface area (Å²) in [5.41, 5.74) is 2.46. The van der Waals surface area contributed by atoms with E-state index in [1.54, 1.807) is 49.5 Å². The maximum Gasteiger partial charge on any atom is 0.313 e. The van der Waals surface area contributed by atoms with Crippen LogP contribution in [-0.2, 0) is 11.3 Å². The second-order valence-corrected chi connectivity index (χ2v) is 8.47. The molecule has 2 atom stereocenters. The van der Waals surface area contributed by atoms with Crippen molar-refractivity contribution in [2.75, 3.05) is 14.2 Å². The van der Waals surface area contributed by atoms with Gasteiger partial charge in [-0.05, 0) is 47.0 Å². The first-order valence-corrected chi connectivity index (χ1v) is 10.8. The van der Waals surface area contributed by atoms with Gasteiger partial charge < -0.3 is 19.5 Å². The van der Waals surface area contributed by atoms with Gasteiger partial charge in [0.15, 0.2) is 0 Å². The molecule has 1 amide bonds. The third-order valence-electron chi connectivity index (χ3n) is 5.68. The number of amides is 1. The molecule has 7 heteroatoms. The number of carboxylic acids is 1. The maximum atomic E-state index is 13.6. The normalized spacial score (nSPS) is 17.6. The average molecular weight is 496 g/mol. The number of carbonyl (C=O) groups is 2. The van der Waals surface area contributed by atoms with Gasteiger partial charge in [0.05, 0.1) is 20.3 Å². The lowest BCUT2D eigenvalue weighted by molar-refractivity contribution is -0.140. The number of carboxylic acid groups (broad SMARTS) is 1. The minimum Gasteiger partial charge on any atom is -0.497 e. The van der Waals surface area contributed by atoms with E-state index in [0.29, 0.717) is 22.6 Å². The fourth-order valence-corrected chi connectivity index (χ4v) is 4.48. The van der Waals surface area contributed by atoms with Gasteiger partial charge in [0.25, 0.3) is 5.91 Å². The van der Waals surface area contributed by atoms with E-state index in [9.17, 15) is 14.7 Å². The number of nitrogens with zero attached hydrogens (tertiary/aromatic N) is 1. The lowest BCUT2D eigenvalue weighted by atomic mass is 9.79. The van der Waals surface area contributed by atoms with E-state index in [1.165, 1.54) is 0 Å². The van der Waals surface area contributed by atoms with Gasteiger partial charge in [0.1, 0.15) is 17.4 Å². The van der Waals surface area contributed by atoms with E-state index in [0.717, 1.165) is 15.6 Å². The number of carbonyl (C=O) groups excluding carboxylic acids is 1. The van der Waals surface area contributed by atoms with Gasteiger partial charge in [-0.15, -0.1) is 0 Å². The highest BCUT2D eigenvalue weighted by Gasteiger charge is 2.44. The Morgan fingerprint density at radius 2 is 1.62 bits per heavy atom. The average Bonchev–Trinajstić information content (AvgIpc) is 2.80. The van der Waals surface area contributed by atoms with E-state index in [1.807, 2.05) is 36.4 Å². The van der Waals surface area contributed by atoms with E-state index in [-0.39, 0.29) is 12.5 Å². The standard InChI is InChI=1S/C25H22BrNO5/c1-31-18-11-15(12-19(13-18)32-2)14-27-23(16-7-9-17(26)10-8-16)22(25(29)30)20-5-3-4-6-21(20)24(27)28/h3-13,22-23H,14H2,1-2H3,(H,29,30). The molecule has 1 aliphatic heterocycles. The highest BCUT2D eigenvalue weighted by atomic mass is 79.9. The predicted octanol–water partition coefficient (Wildman–Crippen LogP) is 5.03. The maximum absolute atomic E-state index is 13.6. The largest absolute Gasteiger partial charge is 0.497 e. The Kier molecular flexibility index (Phi) is 6.19. The van der Waals surface area contributed by atoms with Crippen LogP contribution in [0.1, 0.15) is 39.0 Å². The summed E-state index contributed by atoms with van der Waals surface area (Å²) in [5.74, 6) is -0.908. The molecule has 0 saturated carbocycles. The molecule has 0 aromatic heterocycles. The van der Waals surface area contributed by atoms with Crippen LogP contribution in [0.25, 0.3) is 0 Å². The van der Waals surface area contributed by atoms with E-state index >= 15 is 0 Å². The highest BCUT2D eigenvalue weighted by molar-refractivity contribution is 9.10. The summed E-state index contributed by atoms with van der Waals surface area (Å²) in [5, 5.41) is 10.2. The van der Waals surface area contributed by atoms with Gasteiger partial charge in [-0.3, -0.25) is 9.59 Å². The Hall–Kier alpha value is -3.32. The number of fused-ring (bicyclic) bond motifs is 1. The number of methoxy groups -OCH3 is 2. The zero-order valence-corrected chi connectivity index (χ0v) is 19.2. The quantitative estimate of drug-likeness (QED) is 0.518.